The van der Waals surface area contributed by atoms with E-state index in [-0.39, 0.29) is 0 Å². The first-order valence-corrected chi connectivity index (χ1v) is 7.60. The van der Waals surface area contributed by atoms with Gasteiger partial charge in [0, 0.05) is 11.8 Å². The Kier molecular flexibility index (Phi) is 9.94. The molecule has 0 aliphatic carbocycles. The third-order valence-electron chi connectivity index (χ3n) is 2.99. The molecule has 100 valence electrons. The molecule has 0 radical (unpaired) electrons. The molecule has 2 atom stereocenters. The van der Waals surface area contributed by atoms with Gasteiger partial charge in [-0.05, 0) is 37.3 Å². The lowest BCUT2D eigenvalue weighted by Crippen LogP contribution is -2.20. The third-order valence-corrected chi connectivity index (χ3v) is 3.96. The van der Waals surface area contributed by atoms with Gasteiger partial charge in [0.25, 0.3) is 0 Å². The van der Waals surface area contributed by atoms with Crippen LogP contribution in [0.15, 0.2) is 0 Å². The minimum Gasteiger partial charge on any atom is -0.443 e. The number of rotatable bonds is 8. The smallest absolute Gasteiger partial charge is 0.170 e. The molecule has 3 heteroatoms. The fraction of sp³-hybridized carbons (Fsp3) is 0.857. The number of thiocarbonyl (C=S) groups is 2. The largest absolute Gasteiger partial charge is 0.443 e. The average molecular weight is 274 g/mol. The molecular formula is C14H26OS2. The normalized spacial score (nSPS) is 14.1. The highest BCUT2D eigenvalue weighted by atomic mass is 32.1. The Balaban J connectivity index is 3.97. The van der Waals surface area contributed by atoms with Crippen molar-refractivity contribution < 1.29 is 4.74 Å². The van der Waals surface area contributed by atoms with E-state index in [2.05, 4.69) is 27.7 Å². The van der Waals surface area contributed by atoms with E-state index in [1.54, 1.807) is 0 Å². The predicted octanol–water partition coefficient (Wildman–Crippen LogP) is 5.31. The van der Waals surface area contributed by atoms with Crippen molar-refractivity contribution in [2.24, 2.45) is 11.8 Å². The molecule has 0 heterocycles. The van der Waals surface area contributed by atoms with E-state index in [0.717, 1.165) is 12.8 Å². The fourth-order valence-electron chi connectivity index (χ4n) is 1.56. The van der Waals surface area contributed by atoms with Gasteiger partial charge >= 0.3 is 0 Å². The lowest BCUT2D eigenvalue weighted by molar-refractivity contribution is 0.452. The molecule has 0 aromatic carbocycles. The Morgan fingerprint density at radius 1 is 0.882 bits per heavy atom. The van der Waals surface area contributed by atoms with Crippen LogP contribution in [0.3, 0.4) is 0 Å². The van der Waals surface area contributed by atoms with Gasteiger partial charge < -0.3 is 4.74 Å². The minimum atomic E-state index is 0.335. The van der Waals surface area contributed by atoms with Crippen LogP contribution in [0.25, 0.3) is 0 Å². The number of hydrogen-bond donors (Lipinski definition) is 0. The zero-order valence-electron chi connectivity index (χ0n) is 11.6. The molecule has 17 heavy (non-hydrogen) atoms. The SMILES string of the molecule is CCCCC(C)C(=S)OC(=S)C(C)CCCC. The summed E-state index contributed by atoms with van der Waals surface area (Å²) in [5, 5.41) is 1.35. The maximum atomic E-state index is 5.63. The minimum absolute atomic E-state index is 0.335. The van der Waals surface area contributed by atoms with Crippen LogP contribution in [0.2, 0.25) is 0 Å². The monoisotopic (exact) mass is 274 g/mol. The summed E-state index contributed by atoms with van der Waals surface area (Å²) in [6.07, 6.45) is 6.99. The Morgan fingerprint density at radius 2 is 1.24 bits per heavy atom. The second-order valence-corrected chi connectivity index (χ2v) is 5.63. The zero-order chi connectivity index (χ0) is 13.3. The molecule has 0 bridgehead atoms. The number of ether oxygens (including phenoxy) is 1. The van der Waals surface area contributed by atoms with Crippen molar-refractivity contribution in [2.75, 3.05) is 0 Å². The average Bonchev–Trinajstić information content (AvgIpc) is 2.32. The Bertz CT molecular complexity index is 214. The van der Waals surface area contributed by atoms with Gasteiger partial charge in [0.05, 0.1) is 0 Å². The van der Waals surface area contributed by atoms with E-state index in [1.807, 2.05) is 0 Å². The van der Waals surface area contributed by atoms with E-state index in [4.69, 9.17) is 29.2 Å². The summed E-state index contributed by atoms with van der Waals surface area (Å²) in [6, 6.07) is 0. The van der Waals surface area contributed by atoms with Crippen LogP contribution in [0, 0.1) is 11.8 Å². The molecule has 0 N–H and O–H groups in total. The van der Waals surface area contributed by atoms with Crippen LogP contribution in [0.5, 0.6) is 0 Å². The van der Waals surface area contributed by atoms with Crippen molar-refractivity contribution in [1.82, 2.24) is 0 Å². The van der Waals surface area contributed by atoms with Gasteiger partial charge in [-0.25, -0.2) is 0 Å². The van der Waals surface area contributed by atoms with E-state index in [1.165, 1.54) is 25.7 Å². The summed E-state index contributed by atoms with van der Waals surface area (Å²) in [5.41, 5.74) is 0. The van der Waals surface area contributed by atoms with Crippen LogP contribution in [0.1, 0.15) is 66.2 Å². The van der Waals surface area contributed by atoms with Crippen molar-refractivity contribution in [2.45, 2.75) is 66.2 Å². The molecule has 0 spiro atoms. The van der Waals surface area contributed by atoms with Crippen molar-refractivity contribution in [3.63, 3.8) is 0 Å². The molecule has 0 aliphatic heterocycles. The molecule has 0 amide bonds. The summed E-state index contributed by atoms with van der Waals surface area (Å²) in [7, 11) is 0. The van der Waals surface area contributed by atoms with Crippen LogP contribution in [-0.2, 0) is 4.74 Å². The lowest BCUT2D eigenvalue weighted by Gasteiger charge is -2.17. The van der Waals surface area contributed by atoms with Gasteiger partial charge in [-0.15, -0.1) is 0 Å². The third kappa shape index (κ3) is 7.82. The predicted molar refractivity (Wildman–Crippen MR) is 83.7 cm³/mol. The quantitative estimate of drug-likeness (QED) is 0.555. The Hall–Kier alpha value is -0.0200. The molecule has 0 aromatic heterocycles. The second kappa shape index (κ2) is 9.95. The second-order valence-electron chi connectivity index (χ2n) is 4.83. The summed E-state index contributed by atoms with van der Waals surface area (Å²) in [6.45, 7) is 8.62. The topological polar surface area (TPSA) is 9.23 Å². The van der Waals surface area contributed by atoms with Crippen LogP contribution in [-0.4, -0.2) is 10.1 Å². The van der Waals surface area contributed by atoms with Crippen molar-refractivity contribution >= 4 is 34.5 Å². The molecular weight excluding hydrogens is 248 g/mol. The molecule has 1 nitrogen and oxygen atoms in total. The van der Waals surface area contributed by atoms with Gasteiger partial charge in [0.2, 0.25) is 0 Å². The molecule has 0 saturated carbocycles. The van der Waals surface area contributed by atoms with E-state index in [9.17, 15) is 0 Å². The maximum Gasteiger partial charge on any atom is 0.170 e. The van der Waals surface area contributed by atoms with E-state index >= 15 is 0 Å². The van der Waals surface area contributed by atoms with Crippen LogP contribution >= 0.6 is 24.4 Å². The van der Waals surface area contributed by atoms with Gasteiger partial charge in [0.1, 0.15) is 0 Å². The summed E-state index contributed by atoms with van der Waals surface area (Å²) in [4.78, 5) is 0. The Labute approximate surface area is 117 Å². The zero-order valence-corrected chi connectivity index (χ0v) is 13.3. The number of hydrogen-bond acceptors (Lipinski definition) is 3. The highest BCUT2D eigenvalue weighted by molar-refractivity contribution is 7.81. The van der Waals surface area contributed by atoms with Crippen LogP contribution in [0.4, 0.5) is 0 Å². The first-order chi connectivity index (χ1) is 8.02. The van der Waals surface area contributed by atoms with Gasteiger partial charge in [-0.2, -0.15) is 0 Å². The highest BCUT2D eigenvalue weighted by Gasteiger charge is 2.15. The standard InChI is InChI=1S/C14H26OS2/c1-5-7-9-11(3)13(16)15-14(17)12(4)10-8-6-2/h11-12H,5-10H2,1-4H3. The molecule has 0 aromatic rings. The number of unbranched alkanes of at least 4 members (excludes halogenated alkanes) is 2. The van der Waals surface area contributed by atoms with Crippen molar-refractivity contribution in [3.05, 3.63) is 0 Å². The highest BCUT2D eigenvalue weighted by Crippen LogP contribution is 2.16. The molecule has 0 aliphatic rings. The molecule has 0 saturated heterocycles. The lowest BCUT2D eigenvalue weighted by atomic mass is 10.0. The summed E-state index contributed by atoms with van der Waals surface area (Å²) >= 11 is 10.6. The summed E-state index contributed by atoms with van der Waals surface area (Å²) in [5.74, 6) is 0.669. The molecule has 2 unspecified atom stereocenters. The van der Waals surface area contributed by atoms with Gasteiger partial charge in [0.15, 0.2) is 10.1 Å². The van der Waals surface area contributed by atoms with Gasteiger partial charge in [-0.1, -0.05) is 53.4 Å². The first kappa shape index (κ1) is 17.0. The van der Waals surface area contributed by atoms with E-state index < -0.39 is 0 Å². The first-order valence-electron chi connectivity index (χ1n) is 6.78. The molecule has 0 fully saturated rings. The van der Waals surface area contributed by atoms with Crippen molar-refractivity contribution in [3.8, 4) is 0 Å². The summed E-state index contributed by atoms with van der Waals surface area (Å²) < 4.78 is 5.63. The Morgan fingerprint density at radius 3 is 1.53 bits per heavy atom. The van der Waals surface area contributed by atoms with Crippen molar-refractivity contribution in [1.29, 1.82) is 0 Å². The molecule has 0 rings (SSSR count). The maximum absolute atomic E-state index is 5.63. The van der Waals surface area contributed by atoms with Gasteiger partial charge in [-0.3, -0.25) is 0 Å². The van der Waals surface area contributed by atoms with E-state index in [0.29, 0.717) is 21.9 Å². The van der Waals surface area contributed by atoms with Crippen LogP contribution < -0.4 is 0 Å². The fourth-order valence-corrected chi connectivity index (χ4v) is 2.02.